The number of rotatable bonds is 10. The zero-order valence-electron chi connectivity index (χ0n) is 16.2. The lowest BCUT2D eigenvalue weighted by Gasteiger charge is -2.21. The molecule has 0 aliphatic rings. The highest BCUT2D eigenvalue weighted by molar-refractivity contribution is 7.89. The Morgan fingerprint density at radius 3 is 2.35 bits per heavy atom. The molecule has 0 amide bonds. The monoisotopic (exact) mass is 384 g/mol. The average molecular weight is 385 g/mol. The summed E-state index contributed by atoms with van der Waals surface area (Å²) in [5, 5.41) is 11.6. The highest BCUT2D eigenvalue weighted by Crippen LogP contribution is 2.11. The van der Waals surface area contributed by atoms with Crippen molar-refractivity contribution in [1.29, 1.82) is 0 Å². The molecular weight excluding hydrogens is 352 g/mol. The summed E-state index contributed by atoms with van der Waals surface area (Å²) in [4.78, 5) is 4.64. The Balaban J connectivity index is 2.62. The van der Waals surface area contributed by atoms with Gasteiger partial charge in [-0.25, -0.2) is 18.5 Å². The number of sulfonamides is 1. The summed E-state index contributed by atoms with van der Waals surface area (Å²) in [6.07, 6.45) is 1.13. The third-order valence-electron chi connectivity index (χ3n) is 3.86. The zero-order valence-corrected chi connectivity index (χ0v) is 17.0. The van der Waals surface area contributed by atoms with E-state index in [9.17, 15) is 8.42 Å². The van der Waals surface area contributed by atoms with Gasteiger partial charge in [0.2, 0.25) is 10.0 Å². The maximum Gasteiger partial charge on any atom is 0.238 e. The number of benzene rings is 1. The summed E-state index contributed by atoms with van der Waals surface area (Å²) in [5.41, 5.74) is 0.906. The Kier molecular flexibility index (Phi) is 9.61. The van der Waals surface area contributed by atoms with E-state index in [2.05, 4.69) is 29.5 Å². The largest absolute Gasteiger partial charge is 0.378 e. The Morgan fingerprint density at radius 2 is 1.85 bits per heavy atom. The second-order valence-corrected chi connectivity index (χ2v) is 7.90. The van der Waals surface area contributed by atoms with Gasteiger partial charge in [-0.3, -0.25) is 0 Å². The maximum atomic E-state index is 11.3. The van der Waals surface area contributed by atoms with Gasteiger partial charge in [-0.2, -0.15) is 0 Å². The SMILES string of the molecule is CCNC(=NCc1ccc(S(N)(=O)=O)cc1)NCCC(OCC)C(C)C. The smallest absolute Gasteiger partial charge is 0.238 e. The van der Waals surface area contributed by atoms with Crippen molar-refractivity contribution in [1.82, 2.24) is 10.6 Å². The number of ether oxygens (including phenoxy) is 1. The van der Waals surface area contributed by atoms with E-state index in [0.717, 1.165) is 31.0 Å². The first-order valence-electron chi connectivity index (χ1n) is 9.03. The number of hydrogen-bond donors (Lipinski definition) is 3. The normalized spacial score (nSPS) is 13.7. The number of aliphatic imine (C=N–C) groups is 1. The van der Waals surface area contributed by atoms with Gasteiger partial charge in [-0.1, -0.05) is 26.0 Å². The van der Waals surface area contributed by atoms with Gasteiger partial charge >= 0.3 is 0 Å². The Morgan fingerprint density at radius 1 is 1.19 bits per heavy atom. The van der Waals surface area contributed by atoms with E-state index in [-0.39, 0.29) is 11.0 Å². The minimum Gasteiger partial charge on any atom is -0.378 e. The third-order valence-corrected chi connectivity index (χ3v) is 4.79. The van der Waals surface area contributed by atoms with Crippen LogP contribution in [0.1, 0.15) is 39.7 Å². The second-order valence-electron chi connectivity index (χ2n) is 6.34. The van der Waals surface area contributed by atoms with Crippen molar-refractivity contribution in [3.63, 3.8) is 0 Å². The molecule has 0 fully saturated rings. The van der Waals surface area contributed by atoms with Crippen LogP contribution in [0.25, 0.3) is 0 Å². The molecule has 0 saturated heterocycles. The highest BCUT2D eigenvalue weighted by atomic mass is 32.2. The van der Waals surface area contributed by atoms with Gasteiger partial charge in [0.25, 0.3) is 0 Å². The molecule has 0 heterocycles. The maximum absolute atomic E-state index is 11.3. The molecule has 0 aromatic heterocycles. The second kappa shape index (κ2) is 11.2. The van der Waals surface area contributed by atoms with E-state index < -0.39 is 10.0 Å². The van der Waals surface area contributed by atoms with Gasteiger partial charge in [0.1, 0.15) is 0 Å². The van der Waals surface area contributed by atoms with Gasteiger partial charge in [-0.15, -0.1) is 0 Å². The van der Waals surface area contributed by atoms with Crippen molar-refractivity contribution < 1.29 is 13.2 Å². The van der Waals surface area contributed by atoms with Crippen LogP contribution in [0, 0.1) is 5.92 Å². The third kappa shape index (κ3) is 8.16. The number of guanidine groups is 1. The first-order chi connectivity index (χ1) is 12.3. The molecule has 0 aliphatic heterocycles. The quantitative estimate of drug-likeness (QED) is 0.422. The predicted octanol–water partition coefficient (Wildman–Crippen LogP) is 1.84. The molecule has 1 atom stereocenters. The molecule has 1 aromatic rings. The Bertz CT molecular complexity index is 658. The summed E-state index contributed by atoms with van der Waals surface area (Å²) in [6, 6.07) is 6.43. The molecule has 4 N–H and O–H groups in total. The number of hydrogen-bond acceptors (Lipinski definition) is 4. The molecule has 26 heavy (non-hydrogen) atoms. The van der Waals surface area contributed by atoms with E-state index in [1.807, 2.05) is 13.8 Å². The lowest BCUT2D eigenvalue weighted by molar-refractivity contribution is 0.0258. The molecule has 0 radical (unpaired) electrons. The van der Waals surface area contributed by atoms with Crippen molar-refractivity contribution >= 4 is 16.0 Å². The van der Waals surface area contributed by atoms with Crippen LogP contribution in [0.15, 0.2) is 34.2 Å². The Labute approximate surface area is 157 Å². The van der Waals surface area contributed by atoms with Crippen molar-refractivity contribution in [2.75, 3.05) is 19.7 Å². The lowest BCUT2D eigenvalue weighted by Crippen LogP contribution is -2.39. The molecule has 0 aliphatic carbocycles. The van der Waals surface area contributed by atoms with Crippen LogP contribution in [0.5, 0.6) is 0 Å². The van der Waals surface area contributed by atoms with Crippen molar-refractivity contribution in [2.45, 2.75) is 51.7 Å². The summed E-state index contributed by atoms with van der Waals surface area (Å²) in [5.74, 6) is 1.19. The zero-order chi connectivity index (χ0) is 19.6. The molecule has 148 valence electrons. The van der Waals surface area contributed by atoms with Crippen molar-refractivity contribution in [3.8, 4) is 0 Å². The van der Waals surface area contributed by atoms with Crippen LogP contribution in [0.4, 0.5) is 0 Å². The highest BCUT2D eigenvalue weighted by Gasteiger charge is 2.13. The number of nitrogens with two attached hydrogens (primary N) is 1. The van der Waals surface area contributed by atoms with E-state index in [1.54, 1.807) is 12.1 Å². The molecule has 1 rings (SSSR count). The molecule has 0 spiro atoms. The molecule has 1 unspecified atom stereocenters. The molecule has 8 heteroatoms. The predicted molar refractivity (Wildman–Crippen MR) is 106 cm³/mol. The fourth-order valence-electron chi connectivity index (χ4n) is 2.45. The fourth-order valence-corrected chi connectivity index (χ4v) is 2.97. The van der Waals surface area contributed by atoms with Gasteiger partial charge in [0, 0.05) is 19.7 Å². The minimum atomic E-state index is -3.66. The Hall–Kier alpha value is -1.64. The number of nitrogens with zero attached hydrogens (tertiary/aromatic N) is 1. The van der Waals surface area contributed by atoms with Crippen LogP contribution in [0.2, 0.25) is 0 Å². The van der Waals surface area contributed by atoms with Gasteiger partial charge in [0.15, 0.2) is 5.96 Å². The van der Waals surface area contributed by atoms with Crippen LogP contribution in [-0.4, -0.2) is 40.2 Å². The van der Waals surface area contributed by atoms with Crippen LogP contribution >= 0.6 is 0 Å². The summed E-state index contributed by atoms with van der Waals surface area (Å²) >= 11 is 0. The van der Waals surface area contributed by atoms with Crippen molar-refractivity contribution in [3.05, 3.63) is 29.8 Å². The summed E-state index contributed by atoms with van der Waals surface area (Å²) in [7, 11) is -3.66. The topological polar surface area (TPSA) is 106 Å². The fraction of sp³-hybridized carbons (Fsp3) is 0.611. The standard InChI is InChI=1S/C18H32N4O3S/c1-5-20-18(21-12-11-17(14(3)4)25-6-2)22-13-15-7-9-16(10-8-15)26(19,23)24/h7-10,14,17H,5-6,11-13H2,1-4H3,(H2,19,23,24)(H2,20,21,22). The van der Waals surface area contributed by atoms with Crippen LogP contribution in [-0.2, 0) is 21.3 Å². The molecule has 0 saturated carbocycles. The summed E-state index contributed by atoms with van der Waals surface area (Å²) < 4.78 is 28.3. The van der Waals surface area contributed by atoms with Crippen LogP contribution in [0.3, 0.4) is 0 Å². The van der Waals surface area contributed by atoms with E-state index in [4.69, 9.17) is 9.88 Å². The summed E-state index contributed by atoms with van der Waals surface area (Å²) in [6.45, 7) is 11.0. The first kappa shape index (κ1) is 22.4. The minimum absolute atomic E-state index is 0.103. The van der Waals surface area contributed by atoms with E-state index >= 15 is 0 Å². The van der Waals surface area contributed by atoms with Gasteiger partial charge in [0.05, 0.1) is 17.5 Å². The molecule has 7 nitrogen and oxygen atoms in total. The molecule has 1 aromatic carbocycles. The van der Waals surface area contributed by atoms with E-state index in [0.29, 0.717) is 19.1 Å². The first-order valence-corrected chi connectivity index (χ1v) is 10.6. The van der Waals surface area contributed by atoms with E-state index in [1.165, 1.54) is 12.1 Å². The van der Waals surface area contributed by atoms with Gasteiger partial charge in [-0.05, 0) is 43.9 Å². The van der Waals surface area contributed by atoms with Crippen LogP contribution < -0.4 is 15.8 Å². The lowest BCUT2D eigenvalue weighted by atomic mass is 10.0. The average Bonchev–Trinajstić information content (AvgIpc) is 2.58. The molecule has 0 bridgehead atoms. The molecular formula is C18H32N4O3S. The van der Waals surface area contributed by atoms with Gasteiger partial charge < -0.3 is 15.4 Å². The number of primary sulfonamides is 1. The number of nitrogens with one attached hydrogen (secondary N) is 2. The van der Waals surface area contributed by atoms with Crippen molar-refractivity contribution in [2.24, 2.45) is 16.0 Å².